The lowest BCUT2D eigenvalue weighted by Crippen LogP contribution is -2.36. The van der Waals surface area contributed by atoms with Crippen LogP contribution >= 0.6 is 15.9 Å². The van der Waals surface area contributed by atoms with Crippen LogP contribution in [-0.2, 0) is 4.79 Å². The molecule has 0 radical (unpaired) electrons. The van der Waals surface area contributed by atoms with Crippen LogP contribution in [0.25, 0.3) is 0 Å². The Morgan fingerprint density at radius 3 is 2.87 bits per heavy atom. The second-order valence-corrected chi connectivity index (χ2v) is 6.13. The SMILES string of the molecule is CCC1=C(C)C2C=CC(=NC(=O)c3ccc(Br)o3)C=C2NC1=O. The van der Waals surface area contributed by atoms with Crippen molar-refractivity contribution in [3.05, 3.63) is 57.6 Å². The van der Waals surface area contributed by atoms with Crippen molar-refractivity contribution in [2.24, 2.45) is 10.9 Å². The molecule has 2 amide bonds. The van der Waals surface area contributed by atoms with E-state index >= 15 is 0 Å². The topological polar surface area (TPSA) is 71.7 Å². The summed E-state index contributed by atoms with van der Waals surface area (Å²) in [5.41, 5.74) is 3.09. The van der Waals surface area contributed by atoms with Crippen molar-refractivity contribution < 1.29 is 14.0 Å². The molecule has 2 heterocycles. The van der Waals surface area contributed by atoms with Gasteiger partial charge >= 0.3 is 5.91 Å². The lowest BCUT2D eigenvalue weighted by atomic mass is 9.84. The van der Waals surface area contributed by atoms with E-state index in [1.165, 1.54) is 0 Å². The van der Waals surface area contributed by atoms with Gasteiger partial charge in [-0.1, -0.05) is 18.6 Å². The Kier molecular flexibility index (Phi) is 4.17. The number of furan rings is 1. The van der Waals surface area contributed by atoms with E-state index in [4.69, 9.17) is 4.42 Å². The summed E-state index contributed by atoms with van der Waals surface area (Å²) in [6.45, 7) is 3.93. The van der Waals surface area contributed by atoms with E-state index in [1.54, 1.807) is 24.3 Å². The summed E-state index contributed by atoms with van der Waals surface area (Å²) in [5, 5.41) is 2.89. The summed E-state index contributed by atoms with van der Waals surface area (Å²) in [6, 6.07) is 3.20. The van der Waals surface area contributed by atoms with Crippen molar-refractivity contribution in [1.82, 2.24) is 5.32 Å². The number of aliphatic imine (C=N–C) groups is 1. The summed E-state index contributed by atoms with van der Waals surface area (Å²) in [4.78, 5) is 28.2. The Morgan fingerprint density at radius 2 is 2.22 bits per heavy atom. The molecule has 1 aromatic heterocycles. The van der Waals surface area contributed by atoms with Gasteiger partial charge in [0.15, 0.2) is 10.4 Å². The van der Waals surface area contributed by atoms with Gasteiger partial charge in [-0.05, 0) is 53.6 Å². The molecule has 0 saturated heterocycles. The molecule has 1 aromatic rings. The first-order valence-corrected chi connectivity index (χ1v) is 8.08. The summed E-state index contributed by atoms with van der Waals surface area (Å²) in [6.07, 6.45) is 6.17. The maximum Gasteiger partial charge on any atom is 0.313 e. The highest BCUT2D eigenvalue weighted by atomic mass is 79.9. The van der Waals surface area contributed by atoms with E-state index in [-0.39, 0.29) is 17.6 Å². The number of nitrogens with zero attached hydrogens (tertiary/aromatic N) is 1. The Morgan fingerprint density at radius 1 is 1.43 bits per heavy atom. The van der Waals surface area contributed by atoms with Gasteiger partial charge in [0.2, 0.25) is 0 Å². The van der Waals surface area contributed by atoms with Crippen molar-refractivity contribution in [1.29, 1.82) is 0 Å². The van der Waals surface area contributed by atoms with Gasteiger partial charge in [0.05, 0.1) is 5.71 Å². The van der Waals surface area contributed by atoms with Crippen molar-refractivity contribution >= 4 is 33.5 Å². The molecule has 6 heteroatoms. The zero-order valence-corrected chi connectivity index (χ0v) is 14.3. The van der Waals surface area contributed by atoms with Crippen LogP contribution in [0.5, 0.6) is 0 Å². The molecule has 1 N–H and O–H groups in total. The van der Waals surface area contributed by atoms with E-state index in [0.29, 0.717) is 16.8 Å². The molecule has 2 aliphatic rings. The molecule has 118 valence electrons. The van der Waals surface area contributed by atoms with E-state index in [0.717, 1.165) is 16.8 Å². The fourth-order valence-corrected chi connectivity index (χ4v) is 3.08. The Hall–Kier alpha value is -2.21. The van der Waals surface area contributed by atoms with Gasteiger partial charge < -0.3 is 9.73 Å². The van der Waals surface area contributed by atoms with Crippen molar-refractivity contribution in [3.63, 3.8) is 0 Å². The van der Waals surface area contributed by atoms with E-state index in [9.17, 15) is 9.59 Å². The van der Waals surface area contributed by atoms with Crippen LogP contribution in [0.15, 0.2) is 61.3 Å². The van der Waals surface area contributed by atoms with Crippen LogP contribution in [0.4, 0.5) is 0 Å². The molecule has 1 aliphatic heterocycles. The number of carbonyl (C=O) groups is 2. The number of amides is 2. The fraction of sp³-hybridized carbons (Fsp3) is 0.235. The fourth-order valence-electron chi connectivity index (χ4n) is 2.77. The first-order valence-electron chi connectivity index (χ1n) is 7.28. The summed E-state index contributed by atoms with van der Waals surface area (Å²) in [5.74, 6) is -0.345. The molecule has 3 rings (SSSR count). The molecule has 0 fully saturated rings. The van der Waals surface area contributed by atoms with E-state index in [1.807, 2.05) is 19.9 Å². The highest BCUT2D eigenvalue weighted by molar-refractivity contribution is 9.10. The lowest BCUT2D eigenvalue weighted by Gasteiger charge is -2.29. The van der Waals surface area contributed by atoms with Crippen LogP contribution in [-0.4, -0.2) is 17.5 Å². The maximum absolute atomic E-state index is 12.1. The average molecular weight is 375 g/mol. The third-order valence-electron chi connectivity index (χ3n) is 3.94. The van der Waals surface area contributed by atoms with E-state index in [2.05, 4.69) is 26.2 Å². The summed E-state index contributed by atoms with van der Waals surface area (Å²) in [7, 11) is 0. The summed E-state index contributed by atoms with van der Waals surface area (Å²) < 4.78 is 5.67. The van der Waals surface area contributed by atoms with Gasteiger partial charge in [-0.2, -0.15) is 0 Å². The van der Waals surface area contributed by atoms with Crippen molar-refractivity contribution in [2.75, 3.05) is 0 Å². The van der Waals surface area contributed by atoms with Crippen LogP contribution in [0.3, 0.4) is 0 Å². The van der Waals surface area contributed by atoms with Gasteiger partial charge in [0, 0.05) is 17.2 Å². The number of fused-ring (bicyclic) bond motifs is 1. The number of hydrogen-bond acceptors (Lipinski definition) is 3. The zero-order valence-electron chi connectivity index (χ0n) is 12.7. The van der Waals surface area contributed by atoms with Crippen molar-refractivity contribution in [2.45, 2.75) is 20.3 Å². The minimum Gasteiger partial charge on any atom is -0.444 e. The quantitative estimate of drug-likeness (QED) is 0.859. The third kappa shape index (κ3) is 2.99. The lowest BCUT2D eigenvalue weighted by molar-refractivity contribution is -0.117. The maximum atomic E-state index is 12.1. The zero-order chi connectivity index (χ0) is 16.6. The first kappa shape index (κ1) is 15.7. The highest BCUT2D eigenvalue weighted by Gasteiger charge is 2.28. The first-order chi connectivity index (χ1) is 11.0. The van der Waals surface area contributed by atoms with Crippen LogP contribution in [0.1, 0.15) is 30.8 Å². The Labute approximate surface area is 142 Å². The van der Waals surface area contributed by atoms with Crippen LogP contribution in [0.2, 0.25) is 0 Å². The molecule has 0 bridgehead atoms. The number of hydrogen-bond donors (Lipinski definition) is 1. The molecule has 5 nitrogen and oxygen atoms in total. The molecule has 1 aliphatic carbocycles. The molecule has 0 aromatic carbocycles. The molecule has 23 heavy (non-hydrogen) atoms. The van der Waals surface area contributed by atoms with Gasteiger partial charge in [0.1, 0.15) is 0 Å². The molecule has 1 atom stereocenters. The Bertz CT molecular complexity index is 812. The molecule has 0 spiro atoms. The monoisotopic (exact) mass is 374 g/mol. The molecular formula is C17H15BrN2O3. The predicted molar refractivity (Wildman–Crippen MR) is 90.0 cm³/mol. The summed E-state index contributed by atoms with van der Waals surface area (Å²) >= 11 is 3.15. The number of rotatable bonds is 2. The normalized spacial score (nSPS) is 22.0. The number of allylic oxidation sites excluding steroid dienone is 3. The van der Waals surface area contributed by atoms with Crippen LogP contribution in [0, 0.1) is 5.92 Å². The molecule has 0 saturated carbocycles. The smallest absolute Gasteiger partial charge is 0.313 e. The largest absolute Gasteiger partial charge is 0.444 e. The molecular weight excluding hydrogens is 360 g/mol. The number of halogens is 1. The van der Waals surface area contributed by atoms with Gasteiger partial charge in [-0.15, -0.1) is 0 Å². The Balaban J connectivity index is 1.89. The van der Waals surface area contributed by atoms with Gasteiger partial charge in [0.25, 0.3) is 5.91 Å². The van der Waals surface area contributed by atoms with Gasteiger partial charge in [-0.25, -0.2) is 4.99 Å². The van der Waals surface area contributed by atoms with Gasteiger partial charge in [-0.3, -0.25) is 9.59 Å². The van der Waals surface area contributed by atoms with Crippen molar-refractivity contribution in [3.8, 4) is 0 Å². The molecule has 1 unspecified atom stereocenters. The second-order valence-electron chi connectivity index (χ2n) is 5.35. The predicted octanol–water partition coefficient (Wildman–Crippen LogP) is 3.55. The standard InChI is InChI=1S/C17H15BrN2O3/c1-3-11-9(2)12-5-4-10(8-13(12)20-16(11)21)19-17(22)14-6-7-15(18)23-14/h4-8,12H,3H2,1-2H3,(H,20,21). The highest BCUT2D eigenvalue weighted by Crippen LogP contribution is 2.31. The third-order valence-corrected chi connectivity index (χ3v) is 4.37. The van der Waals surface area contributed by atoms with Crippen LogP contribution < -0.4 is 5.32 Å². The minimum absolute atomic E-state index is 0.0365. The second kappa shape index (κ2) is 6.12. The number of carbonyl (C=O) groups excluding carboxylic acids is 2. The number of nitrogens with one attached hydrogen (secondary N) is 1. The van der Waals surface area contributed by atoms with E-state index < -0.39 is 5.91 Å². The minimum atomic E-state index is -0.464. The average Bonchev–Trinajstić information content (AvgIpc) is 2.94.